The molecule has 0 aliphatic rings. The van der Waals surface area contributed by atoms with Crippen molar-refractivity contribution in [3.8, 4) is 33.4 Å². The summed E-state index contributed by atoms with van der Waals surface area (Å²) in [7, 11) is 0. The van der Waals surface area contributed by atoms with Gasteiger partial charge >= 0.3 is 0 Å². The maximum Gasteiger partial charge on any atom is -0.00201 e. The molecule has 0 heteroatoms. The lowest BCUT2D eigenvalue weighted by molar-refractivity contribution is 1.60. The van der Waals surface area contributed by atoms with E-state index in [0.717, 1.165) is 0 Å². The van der Waals surface area contributed by atoms with Gasteiger partial charge in [-0.05, 0) is 99.4 Å². The number of benzene rings is 9. The second kappa shape index (κ2) is 9.93. The van der Waals surface area contributed by atoms with Crippen molar-refractivity contribution in [2.24, 2.45) is 0 Å². The Bertz CT molecular complexity index is 2490. The van der Waals surface area contributed by atoms with Crippen molar-refractivity contribution in [1.29, 1.82) is 0 Å². The van der Waals surface area contributed by atoms with Crippen LogP contribution >= 0.6 is 0 Å². The van der Waals surface area contributed by atoms with Crippen LogP contribution in [0.25, 0.3) is 87.2 Å². The Morgan fingerprint density at radius 2 is 0.750 bits per heavy atom. The highest BCUT2D eigenvalue weighted by Gasteiger charge is 2.19. The molecule has 0 saturated heterocycles. The summed E-state index contributed by atoms with van der Waals surface area (Å²) < 4.78 is 0. The summed E-state index contributed by atoms with van der Waals surface area (Å²) in [5.41, 5.74) is 7.50. The van der Waals surface area contributed by atoms with Gasteiger partial charge in [-0.2, -0.15) is 0 Å². The third kappa shape index (κ3) is 3.78. The first-order chi connectivity index (χ1) is 21.8. The number of fused-ring (bicyclic) bond motifs is 8. The van der Waals surface area contributed by atoms with Gasteiger partial charge in [-0.3, -0.25) is 0 Å². The van der Waals surface area contributed by atoms with Crippen molar-refractivity contribution in [2.45, 2.75) is 0 Å². The van der Waals surface area contributed by atoms with Crippen LogP contribution in [0.1, 0.15) is 0 Å². The molecular formula is C44H28. The average molecular weight is 557 g/mol. The van der Waals surface area contributed by atoms with Gasteiger partial charge in [0.25, 0.3) is 0 Å². The summed E-state index contributed by atoms with van der Waals surface area (Å²) in [6.45, 7) is 0. The Kier molecular flexibility index (Phi) is 5.61. The first-order valence-electron chi connectivity index (χ1n) is 15.3. The Morgan fingerprint density at radius 1 is 0.250 bits per heavy atom. The van der Waals surface area contributed by atoms with Gasteiger partial charge in [0.1, 0.15) is 0 Å². The van der Waals surface area contributed by atoms with Crippen LogP contribution in [0.4, 0.5) is 0 Å². The van der Waals surface area contributed by atoms with Crippen molar-refractivity contribution in [2.75, 3.05) is 0 Å². The SMILES string of the molecule is c1ccc(-c2c(-c3ccccc3-c3cccc4c5ccccc5c5ccccc5c34)ccc3cc4ccccc4cc23)cc1. The predicted octanol–water partition coefficient (Wildman–Crippen LogP) is 12.5. The molecule has 0 N–H and O–H groups in total. The minimum Gasteiger partial charge on any atom is -0.0622 e. The molecule has 9 rings (SSSR count). The van der Waals surface area contributed by atoms with Gasteiger partial charge < -0.3 is 0 Å². The molecule has 0 heterocycles. The number of rotatable bonds is 3. The minimum absolute atomic E-state index is 1.23. The fourth-order valence-corrected chi connectivity index (χ4v) is 7.29. The molecule has 0 unspecified atom stereocenters. The van der Waals surface area contributed by atoms with Gasteiger partial charge in [0.05, 0.1) is 0 Å². The molecule has 204 valence electrons. The van der Waals surface area contributed by atoms with Crippen molar-refractivity contribution < 1.29 is 0 Å². The predicted molar refractivity (Wildman–Crippen MR) is 190 cm³/mol. The second-order valence-electron chi connectivity index (χ2n) is 11.6. The molecule has 0 bridgehead atoms. The van der Waals surface area contributed by atoms with Crippen LogP contribution in [-0.4, -0.2) is 0 Å². The zero-order valence-corrected chi connectivity index (χ0v) is 24.2. The van der Waals surface area contributed by atoms with Crippen molar-refractivity contribution in [3.05, 3.63) is 170 Å². The van der Waals surface area contributed by atoms with Crippen LogP contribution < -0.4 is 0 Å². The van der Waals surface area contributed by atoms with Crippen LogP contribution in [0.5, 0.6) is 0 Å². The van der Waals surface area contributed by atoms with E-state index in [4.69, 9.17) is 0 Å². The third-order valence-electron chi connectivity index (χ3n) is 9.22. The van der Waals surface area contributed by atoms with Gasteiger partial charge in [0, 0.05) is 0 Å². The van der Waals surface area contributed by atoms with Crippen LogP contribution in [0.3, 0.4) is 0 Å². The van der Waals surface area contributed by atoms with E-state index in [2.05, 4.69) is 170 Å². The molecule has 0 atom stereocenters. The summed E-state index contributed by atoms with van der Waals surface area (Å²) in [5.74, 6) is 0. The Balaban J connectivity index is 1.40. The van der Waals surface area contributed by atoms with Gasteiger partial charge in [-0.15, -0.1) is 0 Å². The number of hydrogen-bond acceptors (Lipinski definition) is 0. The van der Waals surface area contributed by atoms with Gasteiger partial charge in [-0.25, -0.2) is 0 Å². The van der Waals surface area contributed by atoms with E-state index in [0.29, 0.717) is 0 Å². The summed E-state index contributed by atoms with van der Waals surface area (Å²) in [6.07, 6.45) is 0. The van der Waals surface area contributed by atoms with E-state index in [1.54, 1.807) is 0 Å². The Morgan fingerprint density at radius 3 is 1.45 bits per heavy atom. The molecule has 9 aromatic carbocycles. The van der Waals surface area contributed by atoms with Crippen LogP contribution in [-0.2, 0) is 0 Å². The molecule has 0 fully saturated rings. The maximum atomic E-state index is 2.37. The largest absolute Gasteiger partial charge is 0.0622 e. The van der Waals surface area contributed by atoms with Crippen LogP contribution in [0.2, 0.25) is 0 Å². The first-order valence-corrected chi connectivity index (χ1v) is 15.3. The van der Waals surface area contributed by atoms with E-state index in [1.807, 2.05) is 0 Å². The van der Waals surface area contributed by atoms with Crippen molar-refractivity contribution in [1.82, 2.24) is 0 Å². The highest BCUT2D eigenvalue weighted by atomic mass is 14.2. The summed E-state index contributed by atoms with van der Waals surface area (Å²) in [5, 5.41) is 12.8. The van der Waals surface area contributed by atoms with Gasteiger partial charge in [0.15, 0.2) is 0 Å². The minimum atomic E-state index is 1.23. The molecule has 0 aliphatic carbocycles. The smallest absolute Gasteiger partial charge is 0.00201 e. The topological polar surface area (TPSA) is 0 Å². The van der Waals surface area contributed by atoms with Gasteiger partial charge in [-0.1, -0.05) is 158 Å². The molecule has 9 aromatic rings. The highest BCUT2D eigenvalue weighted by Crippen LogP contribution is 2.46. The van der Waals surface area contributed by atoms with Crippen molar-refractivity contribution >= 4 is 53.9 Å². The van der Waals surface area contributed by atoms with Crippen molar-refractivity contribution in [3.63, 3.8) is 0 Å². The second-order valence-corrected chi connectivity index (χ2v) is 11.6. The standard InChI is InChI=1S/C44H28/c1-2-13-29(14-3-1)43-41(26-25-32-27-30-15-4-5-16-31(30)28-42(32)43)37-21-9-8-20-36(37)40-24-12-23-39-35-18-7-6-17-33(35)34-19-10-11-22-38(34)44(39)40/h1-28H. The molecule has 0 amide bonds. The fourth-order valence-electron chi connectivity index (χ4n) is 7.29. The van der Waals surface area contributed by atoms with Crippen LogP contribution in [0.15, 0.2) is 170 Å². The molecule has 0 aliphatic heterocycles. The highest BCUT2D eigenvalue weighted by molar-refractivity contribution is 6.29. The van der Waals surface area contributed by atoms with E-state index >= 15 is 0 Å². The molecule has 0 nitrogen and oxygen atoms in total. The molecule has 0 spiro atoms. The maximum absolute atomic E-state index is 2.37. The Labute approximate surface area is 256 Å². The van der Waals surface area contributed by atoms with Gasteiger partial charge in [0.2, 0.25) is 0 Å². The number of hydrogen-bond donors (Lipinski definition) is 0. The summed E-state index contributed by atoms with van der Waals surface area (Å²) >= 11 is 0. The lowest BCUT2D eigenvalue weighted by Crippen LogP contribution is -1.93. The van der Waals surface area contributed by atoms with E-state index in [1.165, 1.54) is 87.2 Å². The lowest BCUT2D eigenvalue weighted by Gasteiger charge is -2.19. The third-order valence-corrected chi connectivity index (χ3v) is 9.22. The molecule has 0 saturated carbocycles. The zero-order chi connectivity index (χ0) is 29.0. The average Bonchev–Trinajstić information content (AvgIpc) is 3.10. The van der Waals surface area contributed by atoms with E-state index < -0.39 is 0 Å². The molecule has 44 heavy (non-hydrogen) atoms. The fraction of sp³-hybridized carbons (Fsp3) is 0. The van der Waals surface area contributed by atoms with E-state index in [9.17, 15) is 0 Å². The summed E-state index contributed by atoms with van der Waals surface area (Å²) in [6, 6.07) is 62.3. The first kappa shape index (κ1) is 24.8. The molecular weight excluding hydrogens is 528 g/mol. The summed E-state index contributed by atoms with van der Waals surface area (Å²) in [4.78, 5) is 0. The van der Waals surface area contributed by atoms with Crippen LogP contribution in [0, 0.1) is 0 Å². The normalized spacial score (nSPS) is 11.6. The monoisotopic (exact) mass is 556 g/mol. The lowest BCUT2D eigenvalue weighted by atomic mass is 9.84. The Hall–Kier alpha value is -5.72. The zero-order valence-electron chi connectivity index (χ0n) is 24.2. The molecule has 0 aromatic heterocycles. The van der Waals surface area contributed by atoms with E-state index in [-0.39, 0.29) is 0 Å². The quantitative estimate of drug-likeness (QED) is 0.150. The molecule has 0 radical (unpaired) electrons.